The van der Waals surface area contributed by atoms with Crippen LogP contribution >= 0.6 is 23.2 Å². The van der Waals surface area contributed by atoms with Crippen LogP contribution < -0.4 is 0 Å². The summed E-state index contributed by atoms with van der Waals surface area (Å²) in [6.45, 7) is 8.05. The molecule has 0 atom stereocenters. The Hall–Kier alpha value is -1.16. The van der Waals surface area contributed by atoms with Crippen molar-refractivity contribution < 1.29 is 16.8 Å². The van der Waals surface area contributed by atoms with E-state index in [9.17, 15) is 16.8 Å². The van der Waals surface area contributed by atoms with Crippen molar-refractivity contribution in [1.82, 2.24) is 8.61 Å². The van der Waals surface area contributed by atoms with Crippen LogP contribution in [0.2, 0.25) is 10.0 Å². The molecule has 0 aromatic heterocycles. The highest BCUT2D eigenvalue weighted by Crippen LogP contribution is 2.37. The van der Waals surface area contributed by atoms with Crippen molar-refractivity contribution in [3.05, 3.63) is 46.4 Å². The Kier molecular flexibility index (Phi) is 8.35. The van der Waals surface area contributed by atoms with Crippen molar-refractivity contribution in [3.8, 4) is 11.1 Å². The van der Waals surface area contributed by atoms with Crippen LogP contribution in [-0.2, 0) is 20.0 Å². The van der Waals surface area contributed by atoms with Crippen LogP contribution in [0.1, 0.15) is 27.7 Å². The molecule has 0 bridgehead atoms. The maximum atomic E-state index is 13.3. The summed E-state index contributed by atoms with van der Waals surface area (Å²) >= 11 is 12.2. The summed E-state index contributed by atoms with van der Waals surface area (Å²) in [4.78, 5) is -0.0889. The van der Waals surface area contributed by atoms with E-state index < -0.39 is 20.0 Å². The minimum absolute atomic E-state index is 0.0444. The highest BCUT2D eigenvalue weighted by Gasteiger charge is 2.30. The van der Waals surface area contributed by atoms with Gasteiger partial charge in [0.2, 0.25) is 20.0 Å². The van der Waals surface area contributed by atoms with Gasteiger partial charge in [0.05, 0.1) is 9.79 Å². The van der Waals surface area contributed by atoms with E-state index in [1.165, 1.54) is 32.9 Å². The lowest BCUT2D eigenvalue weighted by Crippen LogP contribution is -2.32. The molecule has 0 heterocycles. The lowest BCUT2D eigenvalue weighted by atomic mass is 10.1. The smallest absolute Gasteiger partial charge is 0.207 e. The van der Waals surface area contributed by atoms with Gasteiger partial charge in [-0.2, -0.15) is 8.61 Å². The normalized spacial score (nSPS) is 12.7. The molecule has 0 aliphatic heterocycles. The van der Waals surface area contributed by atoms with E-state index in [1.807, 2.05) is 0 Å². The second kappa shape index (κ2) is 9.97. The van der Waals surface area contributed by atoms with E-state index in [0.29, 0.717) is 0 Å². The SMILES string of the molecule is CCN(CC)S(=O)(=O)c1cc(Cl)ccc1-c1ccc(Cl)cc1S(=O)(=O)N(CC)CC. The lowest BCUT2D eigenvalue weighted by Gasteiger charge is -2.23. The number of hydrogen-bond donors (Lipinski definition) is 0. The third-order valence-corrected chi connectivity index (χ3v) is 9.47. The number of benzene rings is 2. The zero-order valence-electron chi connectivity index (χ0n) is 17.4. The predicted molar refractivity (Wildman–Crippen MR) is 122 cm³/mol. The van der Waals surface area contributed by atoms with Crippen molar-refractivity contribution in [3.63, 3.8) is 0 Å². The van der Waals surface area contributed by atoms with E-state index in [2.05, 4.69) is 0 Å². The van der Waals surface area contributed by atoms with Crippen LogP contribution in [0.15, 0.2) is 46.2 Å². The van der Waals surface area contributed by atoms with Gasteiger partial charge in [-0.3, -0.25) is 0 Å². The van der Waals surface area contributed by atoms with Gasteiger partial charge < -0.3 is 0 Å². The van der Waals surface area contributed by atoms with Crippen molar-refractivity contribution in [2.24, 2.45) is 0 Å². The fraction of sp³-hybridized carbons (Fsp3) is 0.400. The van der Waals surface area contributed by atoms with Crippen molar-refractivity contribution in [2.75, 3.05) is 26.2 Å². The Balaban J connectivity index is 2.89. The van der Waals surface area contributed by atoms with E-state index >= 15 is 0 Å². The number of rotatable bonds is 9. The first-order valence-corrected chi connectivity index (χ1v) is 13.3. The monoisotopic (exact) mass is 492 g/mol. The molecule has 0 aliphatic rings. The molecule has 30 heavy (non-hydrogen) atoms. The molecule has 0 saturated heterocycles. The van der Waals surface area contributed by atoms with Crippen LogP contribution in [0.3, 0.4) is 0 Å². The van der Waals surface area contributed by atoms with E-state index in [-0.39, 0.29) is 57.1 Å². The van der Waals surface area contributed by atoms with Gasteiger partial charge in [0, 0.05) is 47.4 Å². The Morgan fingerprint density at radius 3 is 1.20 bits per heavy atom. The summed E-state index contributed by atoms with van der Waals surface area (Å²) in [5.41, 5.74) is 0.516. The first-order chi connectivity index (χ1) is 14.0. The van der Waals surface area contributed by atoms with Gasteiger partial charge in [0.25, 0.3) is 0 Å². The first-order valence-electron chi connectivity index (χ1n) is 9.64. The molecule has 0 fully saturated rings. The zero-order valence-corrected chi connectivity index (χ0v) is 20.5. The van der Waals surface area contributed by atoms with Crippen LogP contribution in [0.25, 0.3) is 11.1 Å². The summed E-state index contributed by atoms with van der Waals surface area (Å²) in [6.07, 6.45) is 0. The molecule has 2 aromatic rings. The van der Waals surface area contributed by atoms with E-state index in [4.69, 9.17) is 23.2 Å². The van der Waals surface area contributed by atoms with Crippen LogP contribution in [-0.4, -0.2) is 51.6 Å². The summed E-state index contributed by atoms with van der Waals surface area (Å²) in [7, 11) is -7.80. The molecule has 10 heteroatoms. The maximum absolute atomic E-state index is 13.3. The quantitative estimate of drug-likeness (QED) is 0.507. The summed E-state index contributed by atoms with van der Waals surface area (Å²) < 4.78 is 55.8. The van der Waals surface area contributed by atoms with Crippen molar-refractivity contribution in [1.29, 1.82) is 0 Å². The van der Waals surface area contributed by atoms with Crippen molar-refractivity contribution in [2.45, 2.75) is 37.5 Å². The van der Waals surface area contributed by atoms with E-state index in [0.717, 1.165) is 0 Å². The largest absolute Gasteiger partial charge is 0.243 e. The Morgan fingerprint density at radius 1 is 0.633 bits per heavy atom. The van der Waals surface area contributed by atoms with Crippen LogP contribution in [0, 0.1) is 0 Å². The average molecular weight is 493 g/mol. The minimum Gasteiger partial charge on any atom is -0.207 e. The highest BCUT2D eigenvalue weighted by molar-refractivity contribution is 7.89. The molecule has 0 saturated carbocycles. The fourth-order valence-electron chi connectivity index (χ4n) is 3.27. The fourth-order valence-corrected chi connectivity index (χ4v) is 7.12. The molecule has 2 rings (SSSR count). The predicted octanol–water partition coefficient (Wildman–Crippen LogP) is 4.72. The standard InChI is InChI=1S/C20H26Cl2N2O4S2/c1-5-23(6-2)29(25,26)19-13-15(21)9-11-17(19)18-12-10-16(22)14-20(18)30(27,28)24(7-3)8-4/h9-14H,5-8H2,1-4H3. The molecule has 0 aliphatic carbocycles. The van der Waals surface area contributed by atoms with E-state index in [1.54, 1.807) is 39.8 Å². The zero-order chi connectivity index (χ0) is 22.7. The highest BCUT2D eigenvalue weighted by atomic mass is 35.5. The summed E-state index contributed by atoms with van der Waals surface area (Å²) in [5, 5.41) is 0.484. The van der Waals surface area contributed by atoms with Gasteiger partial charge in [-0.05, 0) is 24.3 Å². The second-order valence-electron chi connectivity index (χ2n) is 6.46. The van der Waals surface area contributed by atoms with Crippen LogP contribution in [0.4, 0.5) is 0 Å². The maximum Gasteiger partial charge on any atom is 0.243 e. The molecule has 0 amide bonds. The van der Waals surface area contributed by atoms with Gasteiger partial charge in [0.15, 0.2) is 0 Å². The lowest BCUT2D eigenvalue weighted by molar-refractivity contribution is 0.444. The Morgan fingerprint density at radius 2 is 0.933 bits per heavy atom. The van der Waals surface area contributed by atoms with Gasteiger partial charge in [-0.15, -0.1) is 0 Å². The summed E-state index contributed by atoms with van der Waals surface area (Å²) in [6, 6.07) is 8.85. The minimum atomic E-state index is -3.90. The molecule has 2 aromatic carbocycles. The summed E-state index contributed by atoms with van der Waals surface area (Å²) in [5.74, 6) is 0. The van der Waals surface area contributed by atoms with Crippen molar-refractivity contribution >= 4 is 43.2 Å². The molecular weight excluding hydrogens is 467 g/mol. The number of hydrogen-bond acceptors (Lipinski definition) is 4. The number of sulfonamides is 2. The van der Waals surface area contributed by atoms with Gasteiger partial charge in [0.1, 0.15) is 0 Å². The van der Waals surface area contributed by atoms with Gasteiger partial charge >= 0.3 is 0 Å². The molecule has 0 N–H and O–H groups in total. The number of halogens is 2. The molecule has 0 unspecified atom stereocenters. The topological polar surface area (TPSA) is 74.8 Å². The van der Waals surface area contributed by atoms with Crippen LogP contribution in [0.5, 0.6) is 0 Å². The molecule has 166 valence electrons. The molecule has 0 radical (unpaired) electrons. The van der Waals surface area contributed by atoms with Gasteiger partial charge in [-0.25, -0.2) is 16.8 Å². The van der Waals surface area contributed by atoms with Gasteiger partial charge in [-0.1, -0.05) is 63.0 Å². The number of nitrogens with zero attached hydrogens (tertiary/aromatic N) is 2. The molecule has 0 spiro atoms. The Bertz CT molecular complexity index is 1020. The second-order valence-corrected chi connectivity index (χ2v) is 11.1. The third kappa shape index (κ3) is 4.84. The average Bonchev–Trinajstić information content (AvgIpc) is 2.69. The molecule has 6 nitrogen and oxygen atoms in total. The first kappa shape index (κ1) is 25.1. The Labute approximate surface area is 189 Å². The third-order valence-electron chi connectivity index (χ3n) is 4.82. The molecular formula is C20H26Cl2N2O4S2.